The molecule has 0 saturated heterocycles. The van der Waals surface area contributed by atoms with Gasteiger partial charge < -0.3 is 0 Å². The Balaban J connectivity index is 2.60. The van der Waals surface area contributed by atoms with Crippen molar-refractivity contribution in [2.24, 2.45) is 0 Å². The summed E-state index contributed by atoms with van der Waals surface area (Å²) in [6.45, 7) is 4.47. The molecule has 0 aromatic carbocycles. The second-order valence-electron chi connectivity index (χ2n) is 3.82. The summed E-state index contributed by atoms with van der Waals surface area (Å²) in [5, 5.41) is 0. The van der Waals surface area contributed by atoms with Gasteiger partial charge in [0.2, 0.25) is 0 Å². The van der Waals surface area contributed by atoms with E-state index in [1.165, 1.54) is 43.4 Å². The average molecular weight is 191 g/mol. The molecule has 0 saturated carbocycles. The summed E-state index contributed by atoms with van der Waals surface area (Å²) in [4.78, 5) is 4.47. The summed E-state index contributed by atoms with van der Waals surface area (Å²) in [5.74, 6) is 0. The highest BCUT2D eigenvalue weighted by atomic mass is 14.7. The number of hydrogen-bond donors (Lipinski definition) is 0. The monoisotopic (exact) mass is 191 g/mol. The lowest BCUT2D eigenvalue weighted by molar-refractivity contribution is 0.741. The molecule has 0 fully saturated rings. The first kappa shape index (κ1) is 11.2. The molecule has 0 atom stereocenters. The van der Waals surface area contributed by atoms with Gasteiger partial charge in [-0.1, -0.05) is 32.8 Å². The van der Waals surface area contributed by atoms with Crippen molar-refractivity contribution in [2.45, 2.75) is 52.4 Å². The highest BCUT2D eigenvalue weighted by Crippen LogP contribution is 2.12. The van der Waals surface area contributed by atoms with Gasteiger partial charge in [-0.2, -0.15) is 0 Å². The lowest BCUT2D eigenvalue weighted by atomic mass is 10.0. The Morgan fingerprint density at radius 3 is 2.50 bits per heavy atom. The van der Waals surface area contributed by atoms with E-state index in [0.29, 0.717) is 0 Å². The van der Waals surface area contributed by atoms with Gasteiger partial charge in [0.1, 0.15) is 0 Å². The summed E-state index contributed by atoms with van der Waals surface area (Å²) in [7, 11) is 0. The second kappa shape index (κ2) is 6.58. The fourth-order valence-corrected chi connectivity index (χ4v) is 1.64. The average Bonchev–Trinajstić information content (AvgIpc) is 2.24. The molecule has 0 aliphatic rings. The molecule has 1 heterocycles. The van der Waals surface area contributed by atoms with Gasteiger partial charge in [0.15, 0.2) is 0 Å². The fourth-order valence-electron chi connectivity index (χ4n) is 1.64. The van der Waals surface area contributed by atoms with Crippen LogP contribution in [0.4, 0.5) is 0 Å². The second-order valence-corrected chi connectivity index (χ2v) is 3.82. The van der Waals surface area contributed by atoms with Crippen LogP contribution in [0.15, 0.2) is 18.3 Å². The van der Waals surface area contributed by atoms with Gasteiger partial charge in [0, 0.05) is 11.9 Å². The number of rotatable bonds is 6. The Hall–Kier alpha value is -0.850. The molecule has 1 nitrogen and oxygen atoms in total. The van der Waals surface area contributed by atoms with E-state index >= 15 is 0 Å². The van der Waals surface area contributed by atoms with Crippen LogP contribution >= 0.6 is 0 Å². The predicted molar refractivity (Wildman–Crippen MR) is 61.5 cm³/mol. The third-order valence-corrected chi connectivity index (χ3v) is 2.55. The van der Waals surface area contributed by atoms with Crippen LogP contribution in [0.25, 0.3) is 0 Å². The van der Waals surface area contributed by atoms with E-state index in [9.17, 15) is 0 Å². The maximum absolute atomic E-state index is 4.47. The maximum atomic E-state index is 4.47. The van der Waals surface area contributed by atoms with Gasteiger partial charge >= 0.3 is 0 Å². The quantitative estimate of drug-likeness (QED) is 0.667. The van der Waals surface area contributed by atoms with Gasteiger partial charge in [-0.3, -0.25) is 4.98 Å². The van der Waals surface area contributed by atoms with E-state index < -0.39 is 0 Å². The number of hydrogen-bond acceptors (Lipinski definition) is 1. The molecule has 0 spiro atoms. The molecule has 0 radical (unpaired) electrons. The van der Waals surface area contributed by atoms with Crippen LogP contribution in [0.5, 0.6) is 0 Å². The maximum Gasteiger partial charge on any atom is 0.0435 e. The first-order chi connectivity index (χ1) is 6.88. The van der Waals surface area contributed by atoms with Crippen molar-refractivity contribution in [1.82, 2.24) is 4.98 Å². The Bertz CT molecular complexity index is 228. The lowest BCUT2D eigenvalue weighted by Crippen LogP contribution is -1.97. The first-order valence-corrected chi connectivity index (χ1v) is 5.81. The first-order valence-electron chi connectivity index (χ1n) is 5.81. The highest BCUT2D eigenvalue weighted by Gasteiger charge is 2.01. The van der Waals surface area contributed by atoms with Crippen molar-refractivity contribution >= 4 is 0 Å². The molecule has 14 heavy (non-hydrogen) atoms. The molecule has 1 heteroatoms. The molecule has 0 aliphatic heterocycles. The zero-order valence-electron chi connectivity index (χ0n) is 9.42. The van der Waals surface area contributed by atoms with Crippen molar-refractivity contribution in [1.29, 1.82) is 0 Å². The van der Waals surface area contributed by atoms with E-state index in [-0.39, 0.29) is 0 Å². The highest BCUT2D eigenvalue weighted by molar-refractivity contribution is 5.19. The zero-order valence-corrected chi connectivity index (χ0v) is 9.42. The van der Waals surface area contributed by atoms with Crippen molar-refractivity contribution < 1.29 is 0 Å². The van der Waals surface area contributed by atoms with Gasteiger partial charge in [0.25, 0.3) is 0 Å². The van der Waals surface area contributed by atoms with E-state index in [1.54, 1.807) is 0 Å². The molecule has 1 aromatic heterocycles. The van der Waals surface area contributed by atoms with Crippen molar-refractivity contribution in [3.05, 3.63) is 29.6 Å². The molecule has 0 N–H and O–H groups in total. The molecule has 78 valence electrons. The minimum Gasteiger partial charge on any atom is -0.261 e. The lowest BCUT2D eigenvalue weighted by Gasteiger charge is -2.06. The van der Waals surface area contributed by atoms with Crippen LogP contribution in [0, 0.1) is 0 Å². The Kier molecular flexibility index (Phi) is 5.28. The van der Waals surface area contributed by atoms with Gasteiger partial charge in [-0.25, -0.2) is 0 Å². The van der Waals surface area contributed by atoms with Crippen LogP contribution < -0.4 is 0 Å². The predicted octanol–water partition coefficient (Wildman–Crippen LogP) is 3.77. The largest absolute Gasteiger partial charge is 0.261 e. The number of nitrogens with zero attached hydrogens (tertiary/aromatic N) is 1. The van der Waals surface area contributed by atoms with Crippen LogP contribution in [0.3, 0.4) is 0 Å². The summed E-state index contributed by atoms with van der Waals surface area (Å²) >= 11 is 0. The van der Waals surface area contributed by atoms with Gasteiger partial charge in [-0.15, -0.1) is 0 Å². The van der Waals surface area contributed by atoms with Gasteiger partial charge in [0.05, 0.1) is 0 Å². The SMILES string of the molecule is CCCCc1cccnc1CCCC. The summed E-state index contributed by atoms with van der Waals surface area (Å²) in [5.41, 5.74) is 2.78. The summed E-state index contributed by atoms with van der Waals surface area (Å²) in [6.07, 6.45) is 9.33. The van der Waals surface area contributed by atoms with Crippen LogP contribution in [-0.2, 0) is 12.8 Å². The van der Waals surface area contributed by atoms with Crippen molar-refractivity contribution in [3.63, 3.8) is 0 Å². The van der Waals surface area contributed by atoms with E-state index in [4.69, 9.17) is 0 Å². The number of pyridine rings is 1. The minimum absolute atomic E-state index is 1.15. The molecule has 0 bridgehead atoms. The number of aromatic nitrogens is 1. The fraction of sp³-hybridized carbons (Fsp3) is 0.615. The van der Waals surface area contributed by atoms with Gasteiger partial charge in [-0.05, 0) is 37.3 Å². The number of unbranched alkanes of at least 4 members (excludes halogenated alkanes) is 2. The van der Waals surface area contributed by atoms with E-state index in [0.717, 1.165) is 6.42 Å². The van der Waals surface area contributed by atoms with Crippen LogP contribution in [0.1, 0.15) is 50.8 Å². The third kappa shape index (κ3) is 3.49. The molecule has 0 amide bonds. The Labute approximate surface area is 87.6 Å². The summed E-state index contributed by atoms with van der Waals surface area (Å²) < 4.78 is 0. The smallest absolute Gasteiger partial charge is 0.0435 e. The Morgan fingerprint density at radius 1 is 1.07 bits per heavy atom. The van der Waals surface area contributed by atoms with E-state index in [2.05, 4.69) is 31.0 Å². The van der Waals surface area contributed by atoms with Crippen molar-refractivity contribution in [3.8, 4) is 0 Å². The normalized spacial score (nSPS) is 10.4. The molecular formula is C13H21N. The molecule has 0 aliphatic carbocycles. The summed E-state index contributed by atoms with van der Waals surface area (Å²) in [6, 6.07) is 4.29. The van der Waals surface area contributed by atoms with Crippen LogP contribution in [-0.4, -0.2) is 4.98 Å². The standard InChI is InChI=1S/C13H21N/c1-3-5-8-12-9-7-11-14-13(12)10-6-4-2/h7,9,11H,3-6,8,10H2,1-2H3. The third-order valence-electron chi connectivity index (χ3n) is 2.55. The molecule has 1 aromatic rings. The van der Waals surface area contributed by atoms with E-state index in [1.807, 2.05) is 6.20 Å². The number of aryl methyl sites for hydroxylation is 2. The molecular weight excluding hydrogens is 170 g/mol. The molecule has 1 rings (SSSR count). The van der Waals surface area contributed by atoms with Crippen molar-refractivity contribution in [2.75, 3.05) is 0 Å². The Morgan fingerprint density at radius 2 is 1.79 bits per heavy atom. The topological polar surface area (TPSA) is 12.9 Å². The van der Waals surface area contributed by atoms with Crippen LogP contribution in [0.2, 0.25) is 0 Å². The zero-order chi connectivity index (χ0) is 10.2. The minimum atomic E-state index is 1.15. The molecule has 0 unspecified atom stereocenters.